The maximum Gasteiger partial charge on any atom is 0.123 e. The molecule has 1 nitrogen and oxygen atoms in total. The van der Waals surface area contributed by atoms with Crippen LogP contribution in [0.4, 0.5) is 4.39 Å². The third-order valence-electron chi connectivity index (χ3n) is 4.76. The molecule has 0 amide bonds. The summed E-state index contributed by atoms with van der Waals surface area (Å²) in [7, 11) is 0. The van der Waals surface area contributed by atoms with Gasteiger partial charge in [-0.2, -0.15) is 0 Å². The Kier molecular flexibility index (Phi) is 3.76. The third-order valence-corrected chi connectivity index (χ3v) is 4.76. The van der Waals surface area contributed by atoms with Crippen LogP contribution in [-0.4, -0.2) is 12.6 Å². The number of hydrogen-bond donors (Lipinski definition) is 1. The first-order chi connectivity index (χ1) is 8.46. The highest BCUT2D eigenvalue weighted by atomic mass is 19.1. The normalized spacial score (nSPS) is 27.9. The first-order valence-electron chi connectivity index (χ1n) is 6.96. The van der Waals surface area contributed by atoms with E-state index in [-0.39, 0.29) is 11.2 Å². The van der Waals surface area contributed by atoms with Gasteiger partial charge in [0.25, 0.3) is 0 Å². The molecule has 0 saturated heterocycles. The van der Waals surface area contributed by atoms with E-state index < -0.39 is 0 Å². The minimum Gasteiger partial charge on any atom is -0.314 e. The predicted molar refractivity (Wildman–Crippen MR) is 74.2 cm³/mol. The quantitative estimate of drug-likeness (QED) is 0.857. The van der Waals surface area contributed by atoms with Crippen LogP contribution in [0.5, 0.6) is 0 Å². The van der Waals surface area contributed by atoms with Crippen molar-refractivity contribution in [1.82, 2.24) is 5.32 Å². The van der Waals surface area contributed by atoms with Crippen molar-refractivity contribution in [3.63, 3.8) is 0 Å². The van der Waals surface area contributed by atoms with Crippen molar-refractivity contribution in [3.8, 4) is 0 Å². The molecule has 3 atom stereocenters. The van der Waals surface area contributed by atoms with E-state index in [1.165, 1.54) is 12.0 Å². The molecular weight excluding hydrogens is 225 g/mol. The minimum absolute atomic E-state index is 0.124. The molecular formula is C16H24FN. The fraction of sp³-hybridized carbons (Fsp3) is 0.625. The van der Waals surface area contributed by atoms with Crippen LogP contribution in [0.1, 0.15) is 39.7 Å². The number of benzene rings is 1. The van der Waals surface area contributed by atoms with E-state index in [2.05, 4.69) is 33.0 Å². The molecule has 0 aromatic heterocycles. The Morgan fingerprint density at radius 1 is 1.28 bits per heavy atom. The third kappa shape index (κ3) is 2.31. The monoisotopic (exact) mass is 249 g/mol. The van der Waals surface area contributed by atoms with Crippen LogP contribution in [-0.2, 0) is 5.41 Å². The van der Waals surface area contributed by atoms with Gasteiger partial charge < -0.3 is 5.32 Å². The van der Waals surface area contributed by atoms with Gasteiger partial charge in [-0.15, -0.1) is 0 Å². The molecule has 1 N–H and O–H groups in total. The first kappa shape index (κ1) is 13.5. The van der Waals surface area contributed by atoms with Gasteiger partial charge in [0.2, 0.25) is 0 Å². The van der Waals surface area contributed by atoms with Crippen LogP contribution in [0.3, 0.4) is 0 Å². The molecule has 100 valence electrons. The molecule has 0 spiro atoms. The van der Waals surface area contributed by atoms with E-state index in [4.69, 9.17) is 0 Å². The van der Waals surface area contributed by atoms with Crippen LogP contribution >= 0.6 is 0 Å². The topological polar surface area (TPSA) is 12.0 Å². The molecule has 0 heterocycles. The van der Waals surface area contributed by atoms with Crippen LogP contribution < -0.4 is 5.32 Å². The lowest BCUT2D eigenvalue weighted by molar-refractivity contribution is 0.0595. The summed E-state index contributed by atoms with van der Waals surface area (Å²) in [6, 6.07) is 7.66. The van der Waals surface area contributed by atoms with Gasteiger partial charge in [0.1, 0.15) is 5.82 Å². The van der Waals surface area contributed by atoms with E-state index in [9.17, 15) is 4.39 Å². The Morgan fingerprint density at radius 3 is 2.39 bits per heavy atom. The van der Waals surface area contributed by atoms with E-state index in [1.807, 2.05) is 12.1 Å². The van der Waals surface area contributed by atoms with Crippen molar-refractivity contribution < 1.29 is 4.39 Å². The highest BCUT2D eigenvalue weighted by molar-refractivity contribution is 5.27. The Balaban J connectivity index is 2.10. The van der Waals surface area contributed by atoms with Gasteiger partial charge in [0, 0.05) is 6.04 Å². The molecule has 1 saturated carbocycles. The second kappa shape index (κ2) is 5.00. The average Bonchev–Trinajstić information content (AvgIpc) is 2.33. The second-order valence-corrected chi connectivity index (χ2v) is 6.09. The average molecular weight is 249 g/mol. The summed E-state index contributed by atoms with van der Waals surface area (Å²) in [5.74, 6) is 1.21. The smallest absolute Gasteiger partial charge is 0.123 e. The summed E-state index contributed by atoms with van der Waals surface area (Å²) in [4.78, 5) is 0. The van der Waals surface area contributed by atoms with E-state index in [1.54, 1.807) is 12.1 Å². The molecule has 2 rings (SSSR count). The van der Waals surface area contributed by atoms with Gasteiger partial charge in [-0.1, -0.05) is 39.8 Å². The summed E-state index contributed by atoms with van der Waals surface area (Å²) in [5, 5.41) is 3.53. The lowest BCUT2D eigenvalue weighted by atomic mass is 9.56. The van der Waals surface area contributed by atoms with Crippen molar-refractivity contribution >= 4 is 0 Å². The highest BCUT2D eigenvalue weighted by Gasteiger charge is 2.46. The Morgan fingerprint density at radius 2 is 1.89 bits per heavy atom. The summed E-state index contributed by atoms with van der Waals surface area (Å²) < 4.78 is 13.0. The highest BCUT2D eigenvalue weighted by Crippen LogP contribution is 2.47. The molecule has 1 aromatic rings. The molecule has 0 aliphatic heterocycles. The lowest BCUT2D eigenvalue weighted by Crippen LogP contribution is -2.55. The van der Waals surface area contributed by atoms with Crippen LogP contribution in [0.25, 0.3) is 0 Å². The van der Waals surface area contributed by atoms with Crippen molar-refractivity contribution in [3.05, 3.63) is 35.6 Å². The van der Waals surface area contributed by atoms with Gasteiger partial charge >= 0.3 is 0 Å². The molecule has 1 aromatic carbocycles. The van der Waals surface area contributed by atoms with Crippen LogP contribution in [0, 0.1) is 17.7 Å². The van der Waals surface area contributed by atoms with Crippen molar-refractivity contribution in [2.24, 2.45) is 11.8 Å². The van der Waals surface area contributed by atoms with Crippen molar-refractivity contribution in [2.45, 2.75) is 45.6 Å². The maximum atomic E-state index is 13.0. The number of nitrogens with one attached hydrogen (secondary N) is 1. The van der Waals surface area contributed by atoms with Crippen molar-refractivity contribution in [1.29, 1.82) is 0 Å². The molecule has 1 aliphatic carbocycles. The van der Waals surface area contributed by atoms with E-state index in [0.717, 1.165) is 6.54 Å². The number of halogens is 1. The first-order valence-corrected chi connectivity index (χ1v) is 6.96. The molecule has 18 heavy (non-hydrogen) atoms. The fourth-order valence-electron chi connectivity index (χ4n) is 3.36. The van der Waals surface area contributed by atoms with Crippen LogP contribution in [0.2, 0.25) is 0 Å². The standard InChI is InChI=1S/C16H24FN/c1-5-18-15-10-14(11(15)2)16(3,4)12-6-8-13(17)9-7-12/h6-9,11,14-15,18H,5,10H2,1-4H3. The molecule has 3 unspecified atom stereocenters. The summed E-state index contributed by atoms with van der Waals surface area (Å²) in [6.45, 7) is 10.1. The minimum atomic E-state index is -0.151. The Bertz CT molecular complexity index is 396. The summed E-state index contributed by atoms with van der Waals surface area (Å²) in [5.41, 5.74) is 1.37. The van der Waals surface area contributed by atoms with Crippen LogP contribution in [0.15, 0.2) is 24.3 Å². The summed E-state index contributed by atoms with van der Waals surface area (Å²) >= 11 is 0. The fourth-order valence-corrected chi connectivity index (χ4v) is 3.36. The largest absolute Gasteiger partial charge is 0.314 e. The molecule has 2 heteroatoms. The van der Waals surface area contributed by atoms with Crippen molar-refractivity contribution in [2.75, 3.05) is 6.54 Å². The second-order valence-electron chi connectivity index (χ2n) is 6.09. The zero-order valence-corrected chi connectivity index (χ0v) is 11.8. The Labute approximate surface area is 110 Å². The molecule has 0 radical (unpaired) electrons. The van der Waals surface area contributed by atoms with Gasteiger partial charge in [0.15, 0.2) is 0 Å². The molecule has 1 fully saturated rings. The maximum absolute atomic E-state index is 13.0. The number of hydrogen-bond acceptors (Lipinski definition) is 1. The summed E-state index contributed by atoms with van der Waals surface area (Å²) in [6.07, 6.45) is 1.22. The van der Waals surface area contributed by atoms with Gasteiger partial charge in [-0.05, 0) is 47.9 Å². The number of rotatable bonds is 4. The van der Waals surface area contributed by atoms with E-state index >= 15 is 0 Å². The van der Waals surface area contributed by atoms with Gasteiger partial charge in [-0.25, -0.2) is 4.39 Å². The Hall–Kier alpha value is -0.890. The zero-order valence-electron chi connectivity index (χ0n) is 11.8. The zero-order chi connectivity index (χ0) is 13.3. The van der Waals surface area contributed by atoms with Gasteiger partial charge in [-0.3, -0.25) is 0 Å². The van der Waals surface area contributed by atoms with Gasteiger partial charge in [0.05, 0.1) is 0 Å². The SMILES string of the molecule is CCNC1CC(C(C)(C)c2ccc(F)cc2)C1C. The molecule has 0 bridgehead atoms. The lowest BCUT2D eigenvalue weighted by Gasteiger charge is -2.51. The predicted octanol–water partition coefficient (Wildman–Crippen LogP) is 3.74. The van der Waals surface area contributed by atoms with E-state index in [0.29, 0.717) is 17.9 Å². The molecule has 1 aliphatic rings.